The van der Waals surface area contributed by atoms with Crippen LogP contribution >= 0.6 is 0 Å². The second kappa shape index (κ2) is 8.20. The van der Waals surface area contributed by atoms with Gasteiger partial charge in [-0.25, -0.2) is 0 Å². The van der Waals surface area contributed by atoms with Gasteiger partial charge in [0.05, 0.1) is 0 Å². The molecule has 4 heteroatoms. The summed E-state index contributed by atoms with van der Waals surface area (Å²) in [5.41, 5.74) is 3.16. The first-order chi connectivity index (χ1) is 9.04. The van der Waals surface area contributed by atoms with Crippen molar-refractivity contribution < 1.29 is 4.74 Å². The number of nitrogens with one attached hydrogen (secondary N) is 1. The number of nitrogens with two attached hydrogens (primary N) is 1. The summed E-state index contributed by atoms with van der Waals surface area (Å²) >= 11 is 0. The lowest BCUT2D eigenvalue weighted by molar-refractivity contribution is 0.0530. The minimum atomic E-state index is 0.0895. The maximum absolute atomic E-state index is 5.86. The number of ether oxygens (including phenoxy) is 1. The number of methoxy groups -OCH3 is 1. The monoisotopic (exact) mass is 271 g/mol. The first-order valence-electron chi connectivity index (χ1n) is 7.74. The smallest absolute Gasteiger partial charge is 0.0465 e. The van der Waals surface area contributed by atoms with E-state index in [1.165, 1.54) is 38.8 Å². The first kappa shape index (κ1) is 16.9. The number of rotatable bonds is 7. The Morgan fingerprint density at radius 3 is 2.26 bits per heavy atom. The maximum atomic E-state index is 5.86. The summed E-state index contributed by atoms with van der Waals surface area (Å²) in [6.07, 6.45) is 6.40. The average Bonchev–Trinajstić information content (AvgIpc) is 2.66. The van der Waals surface area contributed by atoms with Crippen molar-refractivity contribution in [2.24, 2.45) is 11.8 Å². The van der Waals surface area contributed by atoms with Gasteiger partial charge in [-0.05, 0) is 52.1 Å². The van der Waals surface area contributed by atoms with Gasteiger partial charge in [0.1, 0.15) is 0 Å². The van der Waals surface area contributed by atoms with E-state index in [4.69, 9.17) is 10.6 Å². The van der Waals surface area contributed by atoms with Gasteiger partial charge >= 0.3 is 0 Å². The van der Waals surface area contributed by atoms with Gasteiger partial charge in [0, 0.05) is 25.3 Å². The number of likely N-dealkylation sites (tertiary alicyclic amines) is 1. The Hall–Kier alpha value is -0.160. The zero-order valence-corrected chi connectivity index (χ0v) is 13.2. The van der Waals surface area contributed by atoms with Crippen LogP contribution in [0.5, 0.6) is 0 Å². The van der Waals surface area contributed by atoms with Crippen LogP contribution in [0.4, 0.5) is 0 Å². The zero-order valence-electron chi connectivity index (χ0n) is 13.2. The molecule has 1 aliphatic rings. The minimum absolute atomic E-state index is 0.0895. The number of nitrogens with zero attached hydrogens (tertiary/aromatic N) is 1. The van der Waals surface area contributed by atoms with Crippen molar-refractivity contribution in [3.63, 3.8) is 0 Å². The van der Waals surface area contributed by atoms with Crippen molar-refractivity contribution in [2.45, 2.75) is 64.5 Å². The van der Waals surface area contributed by atoms with Crippen LogP contribution in [0.3, 0.4) is 0 Å². The van der Waals surface area contributed by atoms with E-state index < -0.39 is 0 Å². The highest BCUT2D eigenvalue weighted by atomic mass is 16.5. The Morgan fingerprint density at radius 1 is 1.21 bits per heavy atom. The predicted molar refractivity (Wildman–Crippen MR) is 80.9 cm³/mol. The fourth-order valence-electron chi connectivity index (χ4n) is 3.38. The van der Waals surface area contributed by atoms with Crippen LogP contribution in [0.15, 0.2) is 0 Å². The van der Waals surface area contributed by atoms with Crippen molar-refractivity contribution in [1.82, 2.24) is 10.3 Å². The van der Waals surface area contributed by atoms with Crippen LogP contribution in [-0.4, -0.2) is 43.3 Å². The molecule has 2 unspecified atom stereocenters. The lowest BCUT2D eigenvalue weighted by Crippen LogP contribution is -2.62. The molecule has 1 rings (SSSR count). The molecule has 3 N–H and O–H groups in total. The van der Waals surface area contributed by atoms with Crippen LogP contribution in [0.2, 0.25) is 0 Å². The molecule has 0 aromatic carbocycles. The molecule has 114 valence electrons. The van der Waals surface area contributed by atoms with E-state index in [2.05, 4.69) is 31.1 Å². The molecule has 0 amide bonds. The van der Waals surface area contributed by atoms with E-state index in [1.807, 2.05) is 0 Å². The van der Waals surface area contributed by atoms with Crippen molar-refractivity contribution in [2.75, 3.05) is 26.8 Å². The standard InChI is InChI=1S/C15H33N3O/c1-13(9-12-19-4)14(17-16)15(2,3)18-10-7-5-6-8-11-18/h13-14,17H,5-12,16H2,1-4H3. The van der Waals surface area contributed by atoms with E-state index in [0.29, 0.717) is 12.0 Å². The van der Waals surface area contributed by atoms with Gasteiger partial charge in [-0.1, -0.05) is 19.8 Å². The highest BCUT2D eigenvalue weighted by Gasteiger charge is 2.37. The Morgan fingerprint density at radius 2 is 1.79 bits per heavy atom. The van der Waals surface area contributed by atoms with E-state index in [0.717, 1.165) is 13.0 Å². The van der Waals surface area contributed by atoms with E-state index in [-0.39, 0.29) is 5.54 Å². The number of hydrogen-bond acceptors (Lipinski definition) is 4. The van der Waals surface area contributed by atoms with Crippen LogP contribution in [-0.2, 0) is 4.74 Å². The molecule has 0 saturated carbocycles. The summed E-state index contributed by atoms with van der Waals surface area (Å²) in [5, 5.41) is 0. The quantitative estimate of drug-likeness (QED) is 0.550. The molecule has 2 atom stereocenters. The summed E-state index contributed by atoms with van der Waals surface area (Å²) in [4.78, 5) is 2.62. The van der Waals surface area contributed by atoms with Crippen LogP contribution < -0.4 is 11.3 Å². The second-order valence-corrected chi connectivity index (χ2v) is 6.46. The second-order valence-electron chi connectivity index (χ2n) is 6.46. The molecular weight excluding hydrogens is 238 g/mol. The lowest BCUT2D eigenvalue weighted by atomic mass is 9.82. The van der Waals surface area contributed by atoms with Gasteiger partial charge in [0.15, 0.2) is 0 Å². The fourth-order valence-corrected chi connectivity index (χ4v) is 3.38. The van der Waals surface area contributed by atoms with Gasteiger partial charge in [-0.15, -0.1) is 0 Å². The fraction of sp³-hybridized carbons (Fsp3) is 1.00. The molecule has 19 heavy (non-hydrogen) atoms. The number of hydrogen-bond donors (Lipinski definition) is 2. The molecule has 0 spiro atoms. The molecule has 1 saturated heterocycles. The third-order valence-electron chi connectivity index (χ3n) is 4.71. The molecule has 0 bridgehead atoms. The van der Waals surface area contributed by atoms with Gasteiger partial charge < -0.3 is 4.74 Å². The van der Waals surface area contributed by atoms with Gasteiger partial charge in [0.2, 0.25) is 0 Å². The van der Waals surface area contributed by atoms with Crippen LogP contribution in [0.1, 0.15) is 52.9 Å². The third kappa shape index (κ3) is 4.71. The van der Waals surface area contributed by atoms with E-state index >= 15 is 0 Å². The summed E-state index contributed by atoms with van der Waals surface area (Å²) in [5.74, 6) is 6.36. The summed E-state index contributed by atoms with van der Waals surface area (Å²) in [6.45, 7) is 10.1. The Bertz CT molecular complexity index is 238. The third-order valence-corrected chi connectivity index (χ3v) is 4.71. The highest BCUT2D eigenvalue weighted by Crippen LogP contribution is 2.28. The summed E-state index contributed by atoms with van der Waals surface area (Å²) in [7, 11) is 1.76. The minimum Gasteiger partial charge on any atom is -0.385 e. The highest BCUT2D eigenvalue weighted by molar-refractivity contribution is 4.95. The molecule has 0 aliphatic carbocycles. The molecule has 1 aliphatic heterocycles. The van der Waals surface area contributed by atoms with Crippen LogP contribution in [0.25, 0.3) is 0 Å². The Kier molecular flexibility index (Phi) is 7.29. The van der Waals surface area contributed by atoms with Crippen molar-refractivity contribution in [1.29, 1.82) is 0 Å². The lowest BCUT2D eigenvalue weighted by Gasteiger charge is -2.46. The van der Waals surface area contributed by atoms with Gasteiger partial charge in [-0.2, -0.15) is 0 Å². The first-order valence-corrected chi connectivity index (χ1v) is 7.74. The van der Waals surface area contributed by atoms with Crippen molar-refractivity contribution >= 4 is 0 Å². The van der Waals surface area contributed by atoms with E-state index in [1.54, 1.807) is 7.11 Å². The maximum Gasteiger partial charge on any atom is 0.0465 e. The average molecular weight is 271 g/mol. The molecule has 1 fully saturated rings. The Balaban J connectivity index is 2.68. The molecule has 4 nitrogen and oxygen atoms in total. The summed E-state index contributed by atoms with van der Waals surface area (Å²) in [6, 6.07) is 0.292. The molecule has 0 aromatic rings. The van der Waals surface area contributed by atoms with Crippen molar-refractivity contribution in [3.8, 4) is 0 Å². The predicted octanol–water partition coefficient (Wildman–Crippen LogP) is 2.15. The number of hydrazine groups is 1. The molecule has 1 heterocycles. The normalized spacial score (nSPS) is 21.9. The van der Waals surface area contributed by atoms with Crippen LogP contribution in [0, 0.1) is 5.92 Å². The Labute approximate surface area is 119 Å². The van der Waals surface area contributed by atoms with E-state index in [9.17, 15) is 0 Å². The largest absolute Gasteiger partial charge is 0.385 e. The van der Waals surface area contributed by atoms with Crippen molar-refractivity contribution in [3.05, 3.63) is 0 Å². The van der Waals surface area contributed by atoms with Gasteiger partial charge in [-0.3, -0.25) is 16.2 Å². The zero-order chi connectivity index (χ0) is 14.3. The molecule has 0 radical (unpaired) electrons. The topological polar surface area (TPSA) is 50.5 Å². The SMILES string of the molecule is COCCC(C)C(NN)C(C)(C)N1CCCCCC1. The summed E-state index contributed by atoms with van der Waals surface area (Å²) < 4.78 is 5.20. The molecular formula is C15H33N3O. The van der Waals surface area contributed by atoms with Gasteiger partial charge in [0.25, 0.3) is 0 Å². The molecule has 0 aromatic heterocycles.